The van der Waals surface area contributed by atoms with Gasteiger partial charge in [0.25, 0.3) is 0 Å². The third kappa shape index (κ3) is 5.68. The first-order valence-corrected chi connectivity index (χ1v) is 10.4. The summed E-state index contributed by atoms with van der Waals surface area (Å²) in [6, 6.07) is 15.1. The number of benzene rings is 2. The molecular formula is C20H26N2O3S. The monoisotopic (exact) mass is 374 g/mol. The smallest absolute Gasteiger partial charge is 0.235 e. The van der Waals surface area contributed by atoms with Gasteiger partial charge >= 0.3 is 0 Å². The number of rotatable bonds is 7. The molecule has 2 aromatic rings. The van der Waals surface area contributed by atoms with E-state index in [-0.39, 0.29) is 25.0 Å². The predicted molar refractivity (Wildman–Crippen MR) is 104 cm³/mol. The molecule has 0 aliphatic heterocycles. The van der Waals surface area contributed by atoms with Crippen LogP contribution < -0.4 is 5.32 Å². The maximum absolute atomic E-state index is 12.4. The molecule has 0 saturated carbocycles. The van der Waals surface area contributed by atoms with E-state index in [1.165, 1.54) is 9.87 Å². The number of nitrogens with one attached hydrogen (secondary N) is 1. The zero-order chi connectivity index (χ0) is 19.3. The highest BCUT2D eigenvalue weighted by Crippen LogP contribution is 2.17. The van der Waals surface area contributed by atoms with Gasteiger partial charge in [-0.1, -0.05) is 48.5 Å². The van der Waals surface area contributed by atoms with Crippen molar-refractivity contribution in [1.29, 1.82) is 0 Å². The van der Waals surface area contributed by atoms with Crippen LogP contribution in [0.1, 0.15) is 35.2 Å². The molecule has 2 rings (SSSR count). The van der Waals surface area contributed by atoms with Crippen molar-refractivity contribution in [3.8, 4) is 0 Å². The van der Waals surface area contributed by atoms with Crippen LogP contribution in [0.3, 0.4) is 0 Å². The van der Waals surface area contributed by atoms with Gasteiger partial charge in [0.05, 0.1) is 18.8 Å². The lowest BCUT2D eigenvalue weighted by molar-refractivity contribution is -0.122. The third-order valence-corrected chi connectivity index (χ3v) is 5.60. The van der Waals surface area contributed by atoms with E-state index in [2.05, 4.69) is 5.32 Å². The Morgan fingerprint density at radius 1 is 1.08 bits per heavy atom. The van der Waals surface area contributed by atoms with Crippen molar-refractivity contribution in [3.05, 3.63) is 70.8 Å². The number of aryl methyl sites for hydroxylation is 2. The summed E-state index contributed by atoms with van der Waals surface area (Å²) < 4.78 is 25.3. The van der Waals surface area contributed by atoms with E-state index in [0.717, 1.165) is 22.9 Å². The van der Waals surface area contributed by atoms with Gasteiger partial charge < -0.3 is 5.32 Å². The van der Waals surface area contributed by atoms with E-state index in [0.29, 0.717) is 0 Å². The Morgan fingerprint density at radius 3 is 2.31 bits per heavy atom. The van der Waals surface area contributed by atoms with Crippen LogP contribution in [-0.4, -0.2) is 31.4 Å². The Bertz CT molecular complexity index is 864. The van der Waals surface area contributed by atoms with Crippen LogP contribution in [0, 0.1) is 13.8 Å². The molecule has 5 nitrogen and oxygen atoms in total. The first-order chi connectivity index (χ1) is 12.2. The molecular weight excluding hydrogens is 348 g/mol. The van der Waals surface area contributed by atoms with Crippen molar-refractivity contribution < 1.29 is 13.2 Å². The first-order valence-electron chi connectivity index (χ1n) is 8.52. The summed E-state index contributed by atoms with van der Waals surface area (Å²) in [5, 5.41) is 2.89. The van der Waals surface area contributed by atoms with E-state index < -0.39 is 10.0 Å². The van der Waals surface area contributed by atoms with Crippen LogP contribution in [0.15, 0.2) is 48.5 Å². The third-order valence-electron chi connectivity index (χ3n) is 4.40. The molecule has 0 fully saturated rings. The van der Waals surface area contributed by atoms with Gasteiger partial charge in [0.2, 0.25) is 15.9 Å². The van der Waals surface area contributed by atoms with Crippen molar-refractivity contribution in [2.45, 2.75) is 33.4 Å². The van der Waals surface area contributed by atoms with Gasteiger partial charge in [0.15, 0.2) is 0 Å². The fourth-order valence-corrected chi connectivity index (χ4v) is 3.38. The lowest BCUT2D eigenvalue weighted by Crippen LogP contribution is -2.40. The maximum Gasteiger partial charge on any atom is 0.235 e. The Morgan fingerprint density at radius 2 is 1.73 bits per heavy atom. The minimum Gasteiger partial charge on any atom is -0.348 e. The second-order valence-electron chi connectivity index (χ2n) is 6.65. The molecule has 0 saturated heterocycles. The van der Waals surface area contributed by atoms with Crippen molar-refractivity contribution in [2.24, 2.45) is 0 Å². The minimum atomic E-state index is -3.50. The molecule has 0 bridgehead atoms. The Balaban J connectivity index is 2.05. The predicted octanol–water partition coefficient (Wildman–Crippen LogP) is 2.94. The molecule has 0 heterocycles. The van der Waals surface area contributed by atoms with Gasteiger partial charge in [-0.3, -0.25) is 4.79 Å². The fourth-order valence-electron chi connectivity index (χ4n) is 2.64. The van der Waals surface area contributed by atoms with Gasteiger partial charge in [0, 0.05) is 6.54 Å². The summed E-state index contributed by atoms with van der Waals surface area (Å²) in [5.74, 6) is -0.322. The van der Waals surface area contributed by atoms with Gasteiger partial charge in [-0.2, -0.15) is 4.31 Å². The van der Waals surface area contributed by atoms with Gasteiger partial charge in [-0.25, -0.2) is 8.42 Å². The number of nitrogens with zero attached hydrogens (tertiary/aromatic N) is 1. The summed E-state index contributed by atoms with van der Waals surface area (Å²) in [5.41, 5.74) is 4.19. The average molecular weight is 375 g/mol. The Labute approximate surface area is 156 Å². The molecule has 1 atom stereocenters. The molecule has 2 aromatic carbocycles. The van der Waals surface area contributed by atoms with Crippen molar-refractivity contribution in [2.75, 3.05) is 12.8 Å². The number of hydrogen-bond acceptors (Lipinski definition) is 3. The summed E-state index contributed by atoms with van der Waals surface area (Å²) in [6.45, 7) is 5.92. The first kappa shape index (κ1) is 20.1. The second kappa shape index (κ2) is 8.47. The van der Waals surface area contributed by atoms with Gasteiger partial charge in [-0.15, -0.1) is 0 Å². The summed E-state index contributed by atoms with van der Waals surface area (Å²) in [4.78, 5) is 12.4. The second-order valence-corrected chi connectivity index (χ2v) is 8.63. The molecule has 0 unspecified atom stereocenters. The normalized spacial score (nSPS) is 12.8. The zero-order valence-corrected chi connectivity index (χ0v) is 16.5. The van der Waals surface area contributed by atoms with Crippen LogP contribution in [0.25, 0.3) is 0 Å². The lowest BCUT2D eigenvalue weighted by Gasteiger charge is -2.21. The molecule has 0 radical (unpaired) electrons. The summed E-state index contributed by atoms with van der Waals surface area (Å²) >= 11 is 0. The molecule has 26 heavy (non-hydrogen) atoms. The standard InChI is InChI=1S/C20H26N2O3S/c1-15-10-11-19(12-16(15)2)17(3)21-20(23)14-22(26(4,24)25)13-18-8-6-5-7-9-18/h5-12,17H,13-14H2,1-4H3,(H,21,23)/t17-/m0/s1. The molecule has 6 heteroatoms. The van der Waals surface area contributed by atoms with E-state index in [4.69, 9.17) is 0 Å². The van der Waals surface area contributed by atoms with E-state index in [1.807, 2.05) is 69.3 Å². The molecule has 0 aromatic heterocycles. The summed E-state index contributed by atoms with van der Waals surface area (Å²) in [7, 11) is -3.50. The minimum absolute atomic E-state index is 0.172. The van der Waals surface area contributed by atoms with Crippen LogP contribution in [0.5, 0.6) is 0 Å². The van der Waals surface area contributed by atoms with Crippen molar-refractivity contribution >= 4 is 15.9 Å². The largest absolute Gasteiger partial charge is 0.348 e. The number of amides is 1. The molecule has 1 amide bonds. The van der Waals surface area contributed by atoms with Crippen LogP contribution in [0.4, 0.5) is 0 Å². The van der Waals surface area contributed by atoms with Crippen molar-refractivity contribution in [1.82, 2.24) is 9.62 Å². The summed E-state index contributed by atoms with van der Waals surface area (Å²) in [6.07, 6.45) is 1.12. The molecule has 140 valence electrons. The number of carbonyl (C=O) groups is 1. The molecule has 0 aliphatic carbocycles. The van der Waals surface area contributed by atoms with Crippen LogP contribution in [0.2, 0.25) is 0 Å². The highest BCUT2D eigenvalue weighted by Gasteiger charge is 2.21. The molecule has 0 spiro atoms. The Kier molecular flexibility index (Phi) is 6.56. The fraction of sp³-hybridized carbons (Fsp3) is 0.350. The van der Waals surface area contributed by atoms with Gasteiger partial charge in [-0.05, 0) is 43.0 Å². The van der Waals surface area contributed by atoms with E-state index >= 15 is 0 Å². The highest BCUT2D eigenvalue weighted by molar-refractivity contribution is 7.88. The van der Waals surface area contributed by atoms with Crippen LogP contribution in [-0.2, 0) is 21.4 Å². The zero-order valence-electron chi connectivity index (χ0n) is 15.7. The van der Waals surface area contributed by atoms with Crippen molar-refractivity contribution in [3.63, 3.8) is 0 Å². The quantitative estimate of drug-likeness (QED) is 0.810. The molecule has 0 aliphatic rings. The maximum atomic E-state index is 12.4. The number of carbonyl (C=O) groups excluding carboxylic acids is 1. The SMILES string of the molecule is Cc1ccc([C@H](C)NC(=O)CN(Cc2ccccc2)S(C)(=O)=O)cc1C. The Hall–Kier alpha value is -2.18. The topological polar surface area (TPSA) is 66.5 Å². The lowest BCUT2D eigenvalue weighted by atomic mass is 10.0. The molecule has 1 N–H and O–H groups in total. The number of sulfonamides is 1. The van der Waals surface area contributed by atoms with Crippen LogP contribution >= 0.6 is 0 Å². The number of hydrogen-bond donors (Lipinski definition) is 1. The average Bonchev–Trinajstić information content (AvgIpc) is 2.56. The highest BCUT2D eigenvalue weighted by atomic mass is 32.2. The van der Waals surface area contributed by atoms with E-state index in [1.54, 1.807) is 0 Å². The van der Waals surface area contributed by atoms with E-state index in [9.17, 15) is 13.2 Å². The van der Waals surface area contributed by atoms with Gasteiger partial charge in [0.1, 0.15) is 0 Å².